The van der Waals surface area contributed by atoms with Crippen LogP contribution in [0.25, 0.3) is 0 Å². The average molecular weight is 375 g/mol. The highest BCUT2D eigenvalue weighted by molar-refractivity contribution is 5.85. The summed E-state index contributed by atoms with van der Waals surface area (Å²) in [6.07, 6.45) is 2.37. The minimum atomic E-state index is -0.147. The summed E-state index contributed by atoms with van der Waals surface area (Å²) >= 11 is 0. The van der Waals surface area contributed by atoms with Crippen molar-refractivity contribution in [2.75, 3.05) is 7.11 Å². The summed E-state index contributed by atoms with van der Waals surface area (Å²) in [6, 6.07) is 19.9. The Balaban J connectivity index is 0.00000243. The molecule has 4 nitrogen and oxygen atoms in total. The number of amides is 1. The number of hydrogen-bond acceptors (Lipinski definition) is 3. The second-order valence-electron chi connectivity index (χ2n) is 6.71. The predicted octanol–water partition coefficient (Wildman–Crippen LogP) is 3.46. The molecular weight excluding hydrogens is 348 g/mol. The van der Waals surface area contributed by atoms with Crippen molar-refractivity contribution >= 4 is 18.3 Å². The second kappa shape index (κ2) is 9.72. The van der Waals surface area contributed by atoms with E-state index >= 15 is 0 Å². The maximum Gasteiger partial charge on any atom is 0.223 e. The molecule has 0 bridgehead atoms. The first-order valence-corrected chi connectivity index (χ1v) is 8.87. The SMILES string of the molecule is CO[C@@H]1CC[C@H](C(=O)NC(c2ccccc2)c2ccccc2)C[C@H]1N.Cl. The first kappa shape index (κ1) is 20.4. The quantitative estimate of drug-likeness (QED) is 0.842. The molecule has 1 amide bonds. The summed E-state index contributed by atoms with van der Waals surface area (Å²) in [4.78, 5) is 12.9. The van der Waals surface area contributed by atoms with Gasteiger partial charge in [-0.15, -0.1) is 12.4 Å². The first-order chi connectivity index (χ1) is 12.2. The highest BCUT2D eigenvalue weighted by atomic mass is 35.5. The Morgan fingerprint density at radius 3 is 2.04 bits per heavy atom. The summed E-state index contributed by atoms with van der Waals surface area (Å²) in [5.41, 5.74) is 8.33. The summed E-state index contributed by atoms with van der Waals surface area (Å²) in [5, 5.41) is 3.24. The molecule has 0 heterocycles. The lowest BCUT2D eigenvalue weighted by Crippen LogP contribution is -2.46. The fraction of sp³-hybridized carbons (Fsp3) is 0.381. The van der Waals surface area contributed by atoms with Crippen LogP contribution in [0.1, 0.15) is 36.4 Å². The fourth-order valence-corrected chi connectivity index (χ4v) is 3.62. The smallest absolute Gasteiger partial charge is 0.223 e. The van der Waals surface area contributed by atoms with E-state index < -0.39 is 0 Å². The molecule has 1 saturated carbocycles. The van der Waals surface area contributed by atoms with Crippen LogP contribution in [0.2, 0.25) is 0 Å². The minimum absolute atomic E-state index is 0. The Morgan fingerprint density at radius 1 is 1.04 bits per heavy atom. The van der Waals surface area contributed by atoms with Crippen LogP contribution in [0.3, 0.4) is 0 Å². The van der Waals surface area contributed by atoms with E-state index in [0.717, 1.165) is 24.0 Å². The van der Waals surface area contributed by atoms with Gasteiger partial charge in [0.2, 0.25) is 5.91 Å². The molecule has 26 heavy (non-hydrogen) atoms. The molecule has 1 fully saturated rings. The van der Waals surface area contributed by atoms with Gasteiger partial charge in [-0.1, -0.05) is 60.7 Å². The molecule has 3 rings (SSSR count). The normalized spacial score (nSPS) is 22.5. The van der Waals surface area contributed by atoms with Crippen molar-refractivity contribution in [2.45, 2.75) is 37.5 Å². The van der Waals surface area contributed by atoms with Crippen LogP contribution in [0, 0.1) is 5.92 Å². The number of hydrogen-bond donors (Lipinski definition) is 2. The van der Waals surface area contributed by atoms with Crippen molar-refractivity contribution in [3.63, 3.8) is 0 Å². The lowest BCUT2D eigenvalue weighted by molar-refractivity contribution is -0.127. The predicted molar refractivity (Wildman–Crippen MR) is 106 cm³/mol. The van der Waals surface area contributed by atoms with E-state index in [0.29, 0.717) is 6.42 Å². The largest absolute Gasteiger partial charge is 0.380 e. The zero-order valence-electron chi connectivity index (χ0n) is 15.0. The van der Waals surface area contributed by atoms with E-state index in [1.54, 1.807) is 7.11 Å². The third-order valence-corrected chi connectivity index (χ3v) is 5.06. The Kier molecular flexibility index (Phi) is 7.64. The number of nitrogens with two attached hydrogens (primary N) is 1. The number of carbonyl (C=O) groups is 1. The number of ether oxygens (including phenoxy) is 1. The summed E-state index contributed by atoms with van der Waals surface area (Å²) in [7, 11) is 1.69. The third-order valence-electron chi connectivity index (χ3n) is 5.06. The fourth-order valence-electron chi connectivity index (χ4n) is 3.62. The molecule has 2 aromatic carbocycles. The van der Waals surface area contributed by atoms with E-state index in [1.807, 2.05) is 60.7 Å². The van der Waals surface area contributed by atoms with Gasteiger partial charge < -0.3 is 15.8 Å². The van der Waals surface area contributed by atoms with Crippen LogP contribution in [0.4, 0.5) is 0 Å². The van der Waals surface area contributed by atoms with Gasteiger partial charge in [0.25, 0.3) is 0 Å². The number of halogens is 1. The first-order valence-electron chi connectivity index (χ1n) is 8.87. The Labute approximate surface area is 161 Å². The van der Waals surface area contributed by atoms with E-state index in [4.69, 9.17) is 10.5 Å². The molecule has 3 atom stereocenters. The van der Waals surface area contributed by atoms with Crippen LogP contribution < -0.4 is 11.1 Å². The van der Waals surface area contributed by atoms with Crippen molar-refractivity contribution in [1.29, 1.82) is 0 Å². The van der Waals surface area contributed by atoms with Crippen LogP contribution in [-0.4, -0.2) is 25.2 Å². The molecular formula is C21H27ClN2O2. The molecule has 1 aliphatic carbocycles. The molecule has 140 valence electrons. The number of rotatable bonds is 5. The molecule has 2 aromatic rings. The van der Waals surface area contributed by atoms with E-state index in [2.05, 4.69) is 5.32 Å². The van der Waals surface area contributed by atoms with Crippen LogP contribution in [0.15, 0.2) is 60.7 Å². The number of methoxy groups -OCH3 is 1. The summed E-state index contributed by atoms with van der Waals surface area (Å²) in [5.74, 6) is 0.0130. The van der Waals surface area contributed by atoms with E-state index in [1.165, 1.54) is 0 Å². The zero-order chi connectivity index (χ0) is 17.6. The van der Waals surface area contributed by atoms with Gasteiger partial charge >= 0.3 is 0 Å². The van der Waals surface area contributed by atoms with Gasteiger partial charge in [-0.05, 0) is 30.4 Å². The molecule has 1 aliphatic rings. The Bertz CT molecular complexity index is 641. The van der Waals surface area contributed by atoms with Crippen molar-refractivity contribution in [1.82, 2.24) is 5.32 Å². The second-order valence-corrected chi connectivity index (χ2v) is 6.71. The maximum atomic E-state index is 12.9. The molecule has 0 aliphatic heterocycles. The van der Waals surface area contributed by atoms with Crippen molar-refractivity contribution < 1.29 is 9.53 Å². The minimum Gasteiger partial charge on any atom is -0.380 e. The summed E-state index contributed by atoms with van der Waals surface area (Å²) in [6.45, 7) is 0. The van der Waals surface area contributed by atoms with Gasteiger partial charge in [0, 0.05) is 19.1 Å². The van der Waals surface area contributed by atoms with Crippen molar-refractivity contribution in [2.24, 2.45) is 11.7 Å². The number of nitrogens with one attached hydrogen (secondary N) is 1. The number of benzene rings is 2. The van der Waals surface area contributed by atoms with E-state index in [-0.39, 0.29) is 42.4 Å². The van der Waals surface area contributed by atoms with E-state index in [9.17, 15) is 4.79 Å². The molecule has 0 unspecified atom stereocenters. The topological polar surface area (TPSA) is 64.3 Å². The average Bonchev–Trinajstić information content (AvgIpc) is 2.67. The Morgan fingerprint density at radius 2 is 1.58 bits per heavy atom. The van der Waals surface area contributed by atoms with Crippen LogP contribution in [0.5, 0.6) is 0 Å². The van der Waals surface area contributed by atoms with Crippen LogP contribution >= 0.6 is 12.4 Å². The molecule has 0 aromatic heterocycles. The molecule has 5 heteroatoms. The molecule has 0 radical (unpaired) electrons. The van der Waals surface area contributed by atoms with Crippen molar-refractivity contribution in [3.8, 4) is 0 Å². The highest BCUT2D eigenvalue weighted by Crippen LogP contribution is 2.28. The lowest BCUT2D eigenvalue weighted by Gasteiger charge is -2.33. The van der Waals surface area contributed by atoms with Gasteiger partial charge in [-0.2, -0.15) is 0 Å². The van der Waals surface area contributed by atoms with Gasteiger partial charge in [-0.3, -0.25) is 4.79 Å². The Hall–Kier alpha value is -1.88. The van der Waals surface area contributed by atoms with Gasteiger partial charge in [0.15, 0.2) is 0 Å². The van der Waals surface area contributed by atoms with Crippen molar-refractivity contribution in [3.05, 3.63) is 71.8 Å². The third kappa shape index (κ3) is 4.85. The van der Waals surface area contributed by atoms with Gasteiger partial charge in [0.1, 0.15) is 0 Å². The van der Waals surface area contributed by atoms with Gasteiger partial charge in [-0.25, -0.2) is 0 Å². The van der Waals surface area contributed by atoms with Gasteiger partial charge in [0.05, 0.1) is 12.1 Å². The summed E-state index contributed by atoms with van der Waals surface area (Å²) < 4.78 is 5.39. The number of carbonyl (C=O) groups excluding carboxylic acids is 1. The van der Waals surface area contributed by atoms with Crippen LogP contribution in [-0.2, 0) is 9.53 Å². The molecule has 0 saturated heterocycles. The molecule has 3 N–H and O–H groups in total. The zero-order valence-corrected chi connectivity index (χ0v) is 15.8. The monoisotopic (exact) mass is 374 g/mol. The lowest BCUT2D eigenvalue weighted by atomic mass is 9.83. The maximum absolute atomic E-state index is 12.9. The highest BCUT2D eigenvalue weighted by Gasteiger charge is 2.32. The molecule has 0 spiro atoms. The standard InChI is InChI=1S/C21H26N2O2.ClH/c1-25-19-13-12-17(14-18(19)22)21(24)23-20(15-8-4-2-5-9-15)16-10-6-3-7-11-16;/h2-11,17-20H,12-14,22H2,1H3,(H,23,24);1H/t17-,18+,19+;/m0./s1.